The molecule has 3 rings (SSSR count). The van der Waals surface area contributed by atoms with Crippen LogP contribution in [0.15, 0.2) is 35.5 Å². The van der Waals surface area contributed by atoms with E-state index in [9.17, 15) is 8.42 Å². The summed E-state index contributed by atoms with van der Waals surface area (Å²) in [7, 11) is -3.74. The zero-order valence-corrected chi connectivity index (χ0v) is 16.6. The number of hydrogen-bond acceptors (Lipinski definition) is 5. The maximum atomic E-state index is 12.6. The van der Waals surface area contributed by atoms with E-state index in [2.05, 4.69) is 14.7 Å². The number of rotatable bonds is 5. The van der Waals surface area contributed by atoms with Crippen LogP contribution in [0.25, 0.3) is 0 Å². The van der Waals surface area contributed by atoms with Crippen LogP contribution in [0.2, 0.25) is 15.1 Å². The van der Waals surface area contributed by atoms with Crippen molar-refractivity contribution < 1.29 is 13.2 Å². The Hall–Kier alpha value is -1.12. The summed E-state index contributed by atoms with van der Waals surface area (Å²) < 4.78 is 33.5. The molecular weight excluding hydrogens is 421 g/mol. The molecule has 0 aliphatic heterocycles. The van der Waals surface area contributed by atoms with Gasteiger partial charge in [0.05, 0.1) is 22.4 Å². The van der Waals surface area contributed by atoms with Gasteiger partial charge in [-0.3, -0.25) is 0 Å². The molecule has 140 valence electrons. The summed E-state index contributed by atoms with van der Waals surface area (Å²) in [5.74, 6) is 0. The van der Waals surface area contributed by atoms with Crippen molar-refractivity contribution in [3.8, 4) is 6.01 Å². The molecule has 1 fully saturated rings. The number of ether oxygens (including phenoxy) is 1. The molecule has 1 aromatic heterocycles. The van der Waals surface area contributed by atoms with E-state index < -0.39 is 10.0 Å². The standard InChI is InChI=1S/C16H16Cl3N3O3S/c17-10-1-6-14(19)15(7-10)26(23,24)22-12-2-4-13(5-3-12)25-16-20-8-11(18)9-21-16/h1,6-9,12-13,22H,2-5H2. The first-order chi connectivity index (χ1) is 12.3. The monoisotopic (exact) mass is 435 g/mol. The van der Waals surface area contributed by atoms with Crippen molar-refractivity contribution in [2.24, 2.45) is 0 Å². The van der Waals surface area contributed by atoms with Crippen LogP contribution in [0.3, 0.4) is 0 Å². The summed E-state index contributed by atoms with van der Waals surface area (Å²) in [6.07, 6.45) is 5.51. The number of nitrogens with zero attached hydrogens (tertiary/aromatic N) is 2. The van der Waals surface area contributed by atoms with Gasteiger partial charge < -0.3 is 4.74 Å². The van der Waals surface area contributed by atoms with Gasteiger partial charge in [0.2, 0.25) is 10.0 Å². The van der Waals surface area contributed by atoms with Gasteiger partial charge in [0.15, 0.2) is 0 Å². The number of sulfonamides is 1. The third-order valence-electron chi connectivity index (χ3n) is 4.05. The molecule has 0 amide bonds. The van der Waals surface area contributed by atoms with Gasteiger partial charge in [-0.15, -0.1) is 0 Å². The summed E-state index contributed by atoms with van der Waals surface area (Å²) in [5, 5.41) is 0.892. The van der Waals surface area contributed by atoms with E-state index in [1.54, 1.807) is 6.07 Å². The van der Waals surface area contributed by atoms with E-state index >= 15 is 0 Å². The van der Waals surface area contributed by atoms with Crippen LogP contribution in [0, 0.1) is 0 Å². The first kappa shape index (κ1) is 19.6. The second-order valence-corrected chi connectivity index (χ2v) is 8.93. The van der Waals surface area contributed by atoms with Crippen LogP contribution in [-0.2, 0) is 10.0 Å². The molecule has 1 aliphatic rings. The minimum absolute atomic E-state index is 0.0143. The molecule has 0 spiro atoms. The van der Waals surface area contributed by atoms with Crippen LogP contribution in [0.4, 0.5) is 0 Å². The van der Waals surface area contributed by atoms with E-state index in [1.807, 2.05) is 0 Å². The average molecular weight is 437 g/mol. The molecule has 0 radical (unpaired) electrons. The van der Waals surface area contributed by atoms with Gasteiger partial charge in [0.1, 0.15) is 11.0 Å². The highest BCUT2D eigenvalue weighted by atomic mass is 35.5. The van der Waals surface area contributed by atoms with Crippen LogP contribution < -0.4 is 9.46 Å². The molecule has 1 N–H and O–H groups in total. The number of benzene rings is 1. The Morgan fingerprint density at radius 3 is 2.31 bits per heavy atom. The Bertz CT molecular complexity index is 870. The lowest BCUT2D eigenvalue weighted by atomic mass is 9.94. The van der Waals surface area contributed by atoms with Crippen LogP contribution >= 0.6 is 34.8 Å². The molecule has 1 aliphatic carbocycles. The topological polar surface area (TPSA) is 81.2 Å². The highest BCUT2D eigenvalue weighted by Crippen LogP contribution is 2.27. The van der Waals surface area contributed by atoms with E-state index in [-0.39, 0.29) is 28.1 Å². The largest absolute Gasteiger partial charge is 0.460 e. The van der Waals surface area contributed by atoms with E-state index in [0.29, 0.717) is 35.7 Å². The summed E-state index contributed by atoms with van der Waals surface area (Å²) in [5.41, 5.74) is 0. The van der Waals surface area contributed by atoms with Gasteiger partial charge in [0, 0.05) is 11.1 Å². The first-order valence-corrected chi connectivity index (χ1v) is 10.6. The fourth-order valence-corrected chi connectivity index (χ4v) is 4.94. The Balaban J connectivity index is 1.58. The SMILES string of the molecule is O=S(=O)(NC1CCC(Oc2ncc(Cl)cn2)CC1)c1cc(Cl)ccc1Cl. The van der Waals surface area contributed by atoms with Crippen molar-refractivity contribution in [3.05, 3.63) is 45.7 Å². The number of halogens is 3. The number of hydrogen-bond donors (Lipinski definition) is 1. The Kier molecular flexibility index (Phi) is 6.25. The zero-order chi connectivity index (χ0) is 18.7. The van der Waals surface area contributed by atoms with Crippen molar-refractivity contribution >= 4 is 44.8 Å². The quantitative estimate of drug-likeness (QED) is 0.763. The van der Waals surface area contributed by atoms with E-state index in [0.717, 1.165) is 0 Å². The molecule has 6 nitrogen and oxygen atoms in total. The fourth-order valence-electron chi connectivity index (χ4n) is 2.77. The molecule has 2 aromatic rings. The van der Waals surface area contributed by atoms with Gasteiger partial charge in [-0.2, -0.15) is 0 Å². The lowest BCUT2D eigenvalue weighted by molar-refractivity contribution is 0.132. The molecule has 26 heavy (non-hydrogen) atoms. The molecule has 1 heterocycles. The Labute approximate surface area is 166 Å². The van der Waals surface area contributed by atoms with E-state index in [4.69, 9.17) is 39.5 Å². The minimum atomic E-state index is -3.74. The highest BCUT2D eigenvalue weighted by molar-refractivity contribution is 7.89. The number of aromatic nitrogens is 2. The molecule has 0 bridgehead atoms. The molecule has 0 atom stereocenters. The first-order valence-electron chi connectivity index (χ1n) is 7.95. The Morgan fingerprint density at radius 1 is 1.00 bits per heavy atom. The smallest absolute Gasteiger partial charge is 0.316 e. The normalized spacial score (nSPS) is 20.7. The lowest BCUT2D eigenvalue weighted by Crippen LogP contribution is -2.39. The van der Waals surface area contributed by atoms with Crippen molar-refractivity contribution in [1.29, 1.82) is 0 Å². The molecule has 0 unspecified atom stereocenters. The predicted octanol–water partition coefficient (Wildman–Crippen LogP) is 4.11. The minimum Gasteiger partial charge on any atom is -0.460 e. The molecule has 1 aromatic carbocycles. The van der Waals surface area contributed by atoms with Crippen LogP contribution in [-0.4, -0.2) is 30.5 Å². The zero-order valence-electron chi connectivity index (χ0n) is 13.5. The molecular formula is C16H16Cl3N3O3S. The molecule has 1 saturated carbocycles. The maximum Gasteiger partial charge on any atom is 0.316 e. The van der Waals surface area contributed by atoms with Gasteiger partial charge >= 0.3 is 6.01 Å². The average Bonchev–Trinajstić information content (AvgIpc) is 2.60. The van der Waals surface area contributed by atoms with Gasteiger partial charge in [-0.25, -0.2) is 23.1 Å². The highest BCUT2D eigenvalue weighted by Gasteiger charge is 2.28. The maximum absolute atomic E-state index is 12.6. The van der Waals surface area contributed by atoms with E-state index in [1.165, 1.54) is 24.5 Å². The molecule has 0 saturated heterocycles. The van der Waals surface area contributed by atoms with Crippen molar-refractivity contribution in [1.82, 2.24) is 14.7 Å². The Morgan fingerprint density at radius 2 is 1.65 bits per heavy atom. The predicted molar refractivity (Wildman–Crippen MR) is 100 cm³/mol. The number of nitrogens with one attached hydrogen (secondary N) is 1. The summed E-state index contributed by atoms with van der Waals surface area (Å²) in [4.78, 5) is 7.99. The third-order valence-corrected chi connectivity index (χ3v) is 6.48. The van der Waals surface area contributed by atoms with Crippen molar-refractivity contribution in [2.75, 3.05) is 0 Å². The summed E-state index contributed by atoms with van der Waals surface area (Å²) in [6.45, 7) is 0. The van der Waals surface area contributed by atoms with Gasteiger partial charge in [0.25, 0.3) is 0 Å². The van der Waals surface area contributed by atoms with Crippen LogP contribution in [0.1, 0.15) is 25.7 Å². The second kappa shape index (κ2) is 8.27. The van der Waals surface area contributed by atoms with Gasteiger partial charge in [-0.1, -0.05) is 34.8 Å². The van der Waals surface area contributed by atoms with Crippen molar-refractivity contribution in [2.45, 2.75) is 42.7 Å². The fraction of sp³-hybridized carbons (Fsp3) is 0.375. The summed E-state index contributed by atoms with van der Waals surface area (Å²) >= 11 is 17.6. The molecule has 10 heteroatoms. The summed E-state index contributed by atoms with van der Waals surface area (Å²) in [6, 6.07) is 4.43. The third kappa shape index (κ3) is 4.98. The second-order valence-electron chi connectivity index (χ2n) is 5.97. The van der Waals surface area contributed by atoms with Crippen molar-refractivity contribution in [3.63, 3.8) is 0 Å². The van der Waals surface area contributed by atoms with Gasteiger partial charge in [-0.05, 0) is 43.9 Å². The lowest BCUT2D eigenvalue weighted by Gasteiger charge is -2.28. The van der Waals surface area contributed by atoms with Crippen LogP contribution in [0.5, 0.6) is 6.01 Å².